The van der Waals surface area contributed by atoms with E-state index in [9.17, 15) is 8.78 Å². The lowest BCUT2D eigenvalue weighted by Crippen LogP contribution is -2.06. The summed E-state index contributed by atoms with van der Waals surface area (Å²) in [5.74, 6) is -0.301. The summed E-state index contributed by atoms with van der Waals surface area (Å²) in [5.41, 5.74) is 9.99. The summed E-state index contributed by atoms with van der Waals surface area (Å²) in [5, 5.41) is 8.71. The number of halogens is 2. The van der Waals surface area contributed by atoms with Gasteiger partial charge in [0, 0.05) is 11.8 Å². The van der Waals surface area contributed by atoms with E-state index in [1.165, 1.54) is 6.20 Å². The molecular formula is C7H9F2N3O. The molecule has 0 aromatic carbocycles. The van der Waals surface area contributed by atoms with Crippen LogP contribution in [0.5, 0.6) is 0 Å². The third kappa shape index (κ3) is 1.67. The molecule has 0 fully saturated rings. The summed E-state index contributed by atoms with van der Waals surface area (Å²) < 4.78 is 24.6. The first kappa shape index (κ1) is 9.66. The van der Waals surface area contributed by atoms with Gasteiger partial charge in [0.15, 0.2) is 0 Å². The summed E-state index contributed by atoms with van der Waals surface area (Å²) in [6.07, 6.45) is -1.60. The molecule has 1 heterocycles. The van der Waals surface area contributed by atoms with Gasteiger partial charge in [0.05, 0.1) is 17.9 Å². The molecule has 13 heavy (non-hydrogen) atoms. The molecule has 5 N–H and O–H groups in total. The van der Waals surface area contributed by atoms with Gasteiger partial charge in [-0.25, -0.2) is 13.8 Å². The summed E-state index contributed by atoms with van der Waals surface area (Å²) in [6.45, 7) is -0.432. The quantitative estimate of drug-likeness (QED) is 0.638. The maximum Gasteiger partial charge on any atom is 0.269 e. The van der Waals surface area contributed by atoms with Crippen molar-refractivity contribution < 1.29 is 13.9 Å². The van der Waals surface area contributed by atoms with Crippen molar-refractivity contribution in [1.29, 1.82) is 0 Å². The van der Waals surface area contributed by atoms with Crippen molar-refractivity contribution in [2.45, 2.75) is 13.0 Å². The molecule has 0 radical (unpaired) electrons. The van der Waals surface area contributed by atoms with Gasteiger partial charge in [-0.2, -0.15) is 0 Å². The van der Waals surface area contributed by atoms with Crippen LogP contribution >= 0.6 is 0 Å². The lowest BCUT2D eigenvalue weighted by atomic mass is 10.1. The number of pyridine rings is 1. The van der Waals surface area contributed by atoms with E-state index in [1.54, 1.807) is 0 Å². The first-order valence-corrected chi connectivity index (χ1v) is 3.49. The highest BCUT2D eigenvalue weighted by atomic mass is 19.3. The van der Waals surface area contributed by atoms with Gasteiger partial charge in [0.1, 0.15) is 5.82 Å². The SMILES string of the molecule is Nc1ncc(CO)c(N)c1C(F)F. The lowest BCUT2D eigenvalue weighted by molar-refractivity contribution is 0.152. The Morgan fingerprint density at radius 3 is 2.54 bits per heavy atom. The predicted octanol–water partition coefficient (Wildman–Crippen LogP) is 0.676. The maximum absolute atomic E-state index is 12.3. The van der Waals surface area contributed by atoms with Crippen molar-refractivity contribution in [1.82, 2.24) is 4.98 Å². The van der Waals surface area contributed by atoms with Crippen LogP contribution in [-0.2, 0) is 6.61 Å². The van der Waals surface area contributed by atoms with Crippen LogP contribution in [0, 0.1) is 0 Å². The number of rotatable bonds is 2. The van der Waals surface area contributed by atoms with Gasteiger partial charge in [-0.3, -0.25) is 0 Å². The number of aliphatic hydroxyl groups excluding tert-OH is 1. The van der Waals surface area contributed by atoms with Crippen molar-refractivity contribution in [3.8, 4) is 0 Å². The van der Waals surface area contributed by atoms with Crippen LogP contribution in [0.4, 0.5) is 20.3 Å². The Morgan fingerprint density at radius 2 is 2.08 bits per heavy atom. The average molecular weight is 189 g/mol. The van der Waals surface area contributed by atoms with Crippen molar-refractivity contribution >= 4 is 11.5 Å². The Hall–Kier alpha value is -1.43. The second-order valence-corrected chi connectivity index (χ2v) is 2.45. The molecule has 1 aromatic rings. The second kappa shape index (κ2) is 3.53. The van der Waals surface area contributed by atoms with Crippen LogP contribution in [0.25, 0.3) is 0 Å². The normalized spacial score (nSPS) is 10.8. The standard InChI is InChI=1S/C7H9F2N3O/c8-6(9)4-5(10)3(2-13)1-12-7(4)11/h1,6,13H,2H2,(H4,10,11,12). The molecule has 1 aromatic heterocycles. The minimum atomic E-state index is -2.78. The minimum absolute atomic E-state index is 0.157. The highest BCUT2D eigenvalue weighted by molar-refractivity contribution is 5.61. The molecule has 0 saturated heterocycles. The van der Waals surface area contributed by atoms with E-state index in [4.69, 9.17) is 16.6 Å². The zero-order valence-corrected chi connectivity index (χ0v) is 6.67. The van der Waals surface area contributed by atoms with Crippen molar-refractivity contribution in [2.24, 2.45) is 0 Å². The van der Waals surface area contributed by atoms with Crippen LogP contribution in [0.2, 0.25) is 0 Å². The Morgan fingerprint density at radius 1 is 1.46 bits per heavy atom. The Labute approximate surface area is 73.2 Å². The highest BCUT2D eigenvalue weighted by Crippen LogP contribution is 2.31. The largest absolute Gasteiger partial charge is 0.398 e. The van der Waals surface area contributed by atoms with Gasteiger partial charge in [-0.05, 0) is 0 Å². The number of hydrogen-bond acceptors (Lipinski definition) is 4. The number of nitrogens with zero attached hydrogens (tertiary/aromatic N) is 1. The fourth-order valence-corrected chi connectivity index (χ4v) is 0.953. The third-order valence-electron chi connectivity index (χ3n) is 1.66. The van der Waals surface area contributed by atoms with Gasteiger partial charge in [-0.1, -0.05) is 0 Å². The monoisotopic (exact) mass is 189 g/mol. The second-order valence-electron chi connectivity index (χ2n) is 2.45. The summed E-state index contributed by atoms with van der Waals surface area (Å²) in [4.78, 5) is 3.49. The molecule has 0 atom stereocenters. The molecule has 0 bridgehead atoms. The van der Waals surface area contributed by atoms with E-state index in [0.717, 1.165) is 0 Å². The topological polar surface area (TPSA) is 85.2 Å². The van der Waals surface area contributed by atoms with Crippen molar-refractivity contribution in [3.05, 3.63) is 17.3 Å². The van der Waals surface area contributed by atoms with E-state index in [2.05, 4.69) is 4.98 Å². The van der Waals surface area contributed by atoms with E-state index in [-0.39, 0.29) is 17.1 Å². The van der Waals surface area contributed by atoms with E-state index >= 15 is 0 Å². The van der Waals surface area contributed by atoms with Gasteiger partial charge in [0.25, 0.3) is 6.43 Å². The zero-order chi connectivity index (χ0) is 10.0. The Balaban J connectivity index is 3.30. The summed E-state index contributed by atoms with van der Waals surface area (Å²) in [6, 6.07) is 0. The van der Waals surface area contributed by atoms with Crippen LogP contribution < -0.4 is 11.5 Å². The Bertz CT molecular complexity index is 317. The Kier molecular flexibility index (Phi) is 2.62. The summed E-state index contributed by atoms with van der Waals surface area (Å²) in [7, 11) is 0. The molecule has 0 amide bonds. The highest BCUT2D eigenvalue weighted by Gasteiger charge is 2.18. The fraction of sp³-hybridized carbons (Fsp3) is 0.286. The van der Waals surface area contributed by atoms with Gasteiger partial charge in [-0.15, -0.1) is 0 Å². The number of aromatic nitrogens is 1. The van der Waals surface area contributed by atoms with Crippen LogP contribution in [0.3, 0.4) is 0 Å². The number of aliphatic hydroxyl groups is 1. The molecular weight excluding hydrogens is 180 g/mol. The lowest BCUT2D eigenvalue weighted by Gasteiger charge is -2.10. The summed E-state index contributed by atoms with van der Waals surface area (Å²) >= 11 is 0. The van der Waals surface area contributed by atoms with Crippen molar-refractivity contribution in [3.63, 3.8) is 0 Å². The van der Waals surface area contributed by atoms with Gasteiger partial charge >= 0.3 is 0 Å². The first-order valence-electron chi connectivity index (χ1n) is 3.49. The average Bonchev–Trinajstić information content (AvgIpc) is 2.04. The van der Waals surface area contributed by atoms with E-state index in [1.807, 2.05) is 0 Å². The molecule has 0 aliphatic carbocycles. The molecule has 4 nitrogen and oxygen atoms in total. The molecule has 0 saturated carbocycles. The number of nitrogen functional groups attached to an aromatic ring is 2. The number of nitrogens with two attached hydrogens (primary N) is 2. The fourth-order valence-electron chi connectivity index (χ4n) is 0.953. The van der Waals surface area contributed by atoms with Crippen LogP contribution in [-0.4, -0.2) is 10.1 Å². The zero-order valence-electron chi connectivity index (χ0n) is 6.67. The molecule has 0 aliphatic rings. The molecule has 0 unspecified atom stereocenters. The van der Waals surface area contributed by atoms with Crippen LogP contribution in [0.1, 0.15) is 17.6 Å². The molecule has 72 valence electrons. The van der Waals surface area contributed by atoms with Crippen molar-refractivity contribution in [2.75, 3.05) is 11.5 Å². The molecule has 0 aliphatic heterocycles. The number of hydrogen-bond donors (Lipinski definition) is 3. The molecule has 0 spiro atoms. The first-order chi connectivity index (χ1) is 6.07. The number of alkyl halides is 2. The smallest absolute Gasteiger partial charge is 0.269 e. The molecule has 1 rings (SSSR count). The third-order valence-corrected chi connectivity index (χ3v) is 1.66. The predicted molar refractivity (Wildman–Crippen MR) is 43.9 cm³/mol. The number of anilines is 2. The van der Waals surface area contributed by atoms with Gasteiger partial charge < -0.3 is 16.6 Å². The van der Waals surface area contributed by atoms with Crippen LogP contribution in [0.15, 0.2) is 6.20 Å². The minimum Gasteiger partial charge on any atom is -0.398 e. The van der Waals surface area contributed by atoms with E-state index in [0.29, 0.717) is 0 Å². The van der Waals surface area contributed by atoms with E-state index < -0.39 is 18.6 Å². The van der Waals surface area contributed by atoms with Gasteiger partial charge in [0.2, 0.25) is 0 Å². The molecule has 6 heteroatoms. The maximum atomic E-state index is 12.3.